The molecule has 0 aromatic carbocycles. The number of fused-ring (bicyclic) bond motifs is 1. The number of nitrogens with zero attached hydrogens (tertiary/aromatic N) is 11. The van der Waals surface area contributed by atoms with Crippen molar-refractivity contribution in [2.75, 3.05) is 33.8 Å². The van der Waals surface area contributed by atoms with E-state index in [9.17, 15) is 13.7 Å². The zero-order valence-electron chi connectivity index (χ0n) is 35.6. The molecule has 0 saturated carbocycles. The van der Waals surface area contributed by atoms with Gasteiger partial charge in [0.15, 0.2) is 0 Å². The first-order chi connectivity index (χ1) is 28.8. The van der Waals surface area contributed by atoms with Crippen molar-refractivity contribution in [2.24, 2.45) is 14.1 Å². The number of thiophene rings is 1. The Balaban J connectivity index is 0.000000264. The van der Waals surface area contributed by atoms with Crippen LogP contribution in [0.4, 0.5) is 17.6 Å². The van der Waals surface area contributed by atoms with Crippen LogP contribution >= 0.6 is 23.1 Å². The number of thioether (sulfide) groups is 1. The first-order valence-electron chi connectivity index (χ1n) is 19.0. The minimum absolute atomic E-state index is 0. The molecule has 2 atom stereocenters. The third-order valence-corrected chi connectivity index (χ3v) is 15.5. The third-order valence-electron chi connectivity index (χ3n) is 9.63. The van der Waals surface area contributed by atoms with Gasteiger partial charge in [0.05, 0.1) is 62.3 Å². The zero-order valence-corrected chi connectivity index (χ0v) is 42.0. The van der Waals surface area contributed by atoms with E-state index in [2.05, 4.69) is 54.8 Å². The Hall–Kier alpha value is -4.02. The number of aromatic nitrogens is 10. The molecule has 0 saturated heterocycles. The molecule has 17 nitrogen and oxygen atoms in total. The summed E-state index contributed by atoms with van der Waals surface area (Å²) in [4.78, 5) is 35.3. The average molecular weight is 939 g/mol. The van der Waals surface area contributed by atoms with Crippen molar-refractivity contribution < 1.29 is 65.3 Å². The molecule has 0 aliphatic heterocycles. The van der Waals surface area contributed by atoms with Gasteiger partial charge in [0.1, 0.15) is 31.8 Å². The van der Waals surface area contributed by atoms with Gasteiger partial charge in [0, 0.05) is 88.8 Å². The van der Waals surface area contributed by atoms with Crippen molar-refractivity contribution in [1.82, 2.24) is 49.0 Å². The van der Waals surface area contributed by atoms with E-state index in [0.717, 1.165) is 70.1 Å². The van der Waals surface area contributed by atoms with Crippen molar-refractivity contribution in [2.45, 2.75) is 62.6 Å². The maximum absolute atomic E-state index is 12.9. The molecule has 7 N–H and O–H groups in total. The van der Waals surface area contributed by atoms with Crippen LogP contribution in [0.3, 0.4) is 0 Å². The molecule has 7 aromatic rings. The first kappa shape index (κ1) is 50.6. The fraction of sp³-hybridized carbons (Fsp3) is 0.325. The third kappa shape index (κ3) is 11.6. The zero-order chi connectivity index (χ0) is 43.1. The van der Waals surface area contributed by atoms with Gasteiger partial charge in [0.2, 0.25) is 11.9 Å². The monoisotopic (exact) mass is 938 g/mol. The minimum Gasteiger partial charge on any atom is -0.870 e. The summed E-state index contributed by atoms with van der Waals surface area (Å²) in [5, 5.41) is 11.6. The maximum Gasteiger partial charge on any atom is 1.00 e. The Morgan fingerprint density at radius 2 is 1.26 bits per heavy atom. The van der Waals surface area contributed by atoms with Crippen LogP contribution in [0.25, 0.3) is 55.2 Å². The van der Waals surface area contributed by atoms with Crippen LogP contribution < -0.4 is 68.6 Å². The van der Waals surface area contributed by atoms with Gasteiger partial charge in [-0.1, -0.05) is 38.5 Å². The standard InChI is InChI=1S/2C20H23N7OS2.K.H2O/c1-4-5-6-30(28)19-17(21)16-13(15-10-23-11(2)27(15)3)7-14(26-18(16)29-19)12-8-24-20(22)25-9-12;1-4-5-6-30(28)12-29-19-16(8-21)15(18-11-23-13(2)27(18)3)7-17(26-19)14-9-24-20(22)25-10-14;;/h7-10H,4-6,21H2,1-3H3,(H2,22,24,25);7,9-11H,4-6,12H2,1-3H3,(H2,22,24,25);;1H2/q;;+1;/p-1. The molecule has 7 aromatic heterocycles. The van der Waals surface area contributed by atoms with Gasteiger partial charge in [-0.3, -0.25) is 8.42 Å². The summed E-state index contributed by atoms with van der Waals surface area (Å²) in [5.41, 5.74) is 24.8. The summed E-state index contributed by atoms with van der Waals surface area (Å²) in [5.74, 6) is 3.33. The Kier molecular flexibility index (Phi) is 18.8. The quantitative estimate of drug-likeness (QED) is 0.104. The van der Waals surface area contributed by atoms with Crippen LogP contribution in [-0.4, -0.2) is 79.5 Å². The molecule has 0 aliphatic rings. The van der Waals surface area contributed by atoms with Crippen LogP contribution in [0.15, 0.2) is 58.5 Å². The van der Waals surface area contributed by atoms with Gasteiger partial charge in [-0.05, 0) is 38.8 Å². The van der Waals surface area contributed by atoms with Crippen molar-refractivity contribution in [3.05, 3.63) is 66.5 Å². The van der Waals surface area contributed by atoms with E-state index in [1.807, 2.05) is 55.4 Å². The first-order valence-corrected chi connectivity index (χ1v) is 23.6. The summed E-state index contributed by atoms with van der Waals surface area (Å²) < 4.78 is 29.8. The number of nitrogen functional groups attached to an aromatic ring is 3. The van der Waals surface area contributed by atoms with Gasteiger partial charge in [0.25, 0.3) is 0 Å². The van der Waals surface area contributed by atoms with Crippen LogP contribution in [0, 0.1) is 25.2 Å². The molecule has 0 spiro atoms. The Morgan fingerprint density at radius 1 is 0.758 bits per heavy atom. The summed E-state index contributed by atoms with van der Waals surface area (Å²) >= 11 is 2.72. The number of unbranched alkanes of at least 4 members (excludes halogenated alkanes) is 2. The van der Waals surface area contributed by atoms with E-state index >= 15 is 0 Å². The molecule has 320 valence electrons. The molecule has 0 aliphatic carbocycles. The van der Waals surface area contributed by atoms with E-state index in [1.165, 1.54) is 23.1 Å². The molecular weight excluding hydrogens is 892 g/mol. The van der Waals surface area contributed by atoms with E-state index in [1.54, 1.807) is 31.0 Å². The molecule has 7 heterocycles. The Labute approximate surface area is 415 Å². The molecule has 0 bridgehead atoms. The summed E-state index contributed by atoms with van der Waals surface area (Å²) in [6, 6.07) is 6.07. The molecule has 0 radical (unpaired) electrons. The number of hydrogen-bond acceptors (Lipinski definition) is 17. The number of anilines is 3. The molecule has 0 amide bonds. The van der Waals surface area contributed by atoms with Gasteiger partial charge in [-0.25, -0.2) is 39.9 Å². The number of nitriles is 1. The molecular formula is C40H47KN14O3S4. The van der Waals surface area contributed by atoms with E-state index in [0.29, 0.717) is 59.6 Å². The van der Waals surface area contributed by atoms with Gasteiger partial charge in [-0.2, -0.15) is 5.26 Å². The largest absolute Gasteiger partial charge is 1.00 e. The Bertz CT molecular complexity index is 2730. The second-order valence-electron chi connectivity index (χ2n) is 13.7. The smallest absolute Gasteiger partial charge is 0.870 e. The number of nitrogens with two attached hydrogens (primary N) is 3. The summed E-state index contributed by atoms with van der Waals surface area (Å²) in [7, 11) is 1.72. The number of pyridine rings is 2. The predicted octanol–water partition coefficient (Wildman–Crippen LogP) is 3.66. The van der Waals surface area contributed by atoms with Gasteiger partial charge < -0.3 is 31.8 Å². The number of rotatable bonds is 14. The average Bonchev–Trinajstić information content (AvgIpc) is 3.90. The number of aryl methyl sites for hydroxylation is 2. The number of hydrogen-bond donors (Lipinski definition) is 3. The SMILES string of the molecule is CCCCS(=O)CSc1nc(-c2cnc(N)nc2)cc(-c2cnc(C)n2C)c1C#N.CCCCS(=O)c1sc2nc(-c3cnc(N)nc3)cc(-c3cnc(C)n3C)c2c1N.[K+].[OH-]. The molecule has 0 fully saturated rings. The molecule has 7 rings (SSSR count). The fourth-order valence-electron chi connectivity index (χ4n) is 6.00. The molecule has 22 heteroatoms. The molecule has 62 heavy (non-hydrogen) atoms. The van der Waals surface area contributed by atoms with Crippen LogP contribution in [0.5, 0.6) is 0 Å². The number of imidazole rings is 2. The van der Waals surface area contributed by atoms with Crippen molar-refractivity contribution in [3.63, 3.8) is 0 Å². The van der Waals surface area contributed by atoms with Crippen molar-refractivity contribution >= 4 is 72.5 Å². The minimum atomic E-state index is -1.16. The molecule has 2 unspecified atom stereocenters. The van der Waals surface area contributed by atoms with Crippen LogP contribution in [0.1, 0.15) is 56.7 Å². The second-order valence-corrected chi connectivity index (χ2v) is 19.4. The predicted molar refractivity (Wildman–Crippen MR) is 244 cm³/mol. The van der Waals surface area contributed by atoms with Crippen LogP contribution in [-0.2, 0) is 35.7 Å². The summed E-state index contributed by atoms with van der Waals surface area (Å²) in [6.45, 7) is 7.99. The van der Waals surface area contributed by atoms with E-state index in [4.69, 9.17) is 22.2 Å². The topological polar surface area (TPSA) is 279 Å². The van der Waals surface area contributed by atoms with E-state index in [-0.39, 0.29) is 68.8 Å². The van der Waals surface area contributed by atoms with Crippen LogP contribution in [0.2, 0.25) is 0 Å². The normalized spacial score (nSPS) is 11.8. The second kappa shape index (κ2) is 23.1. The fourth-order valence-corrected chi connectivity index (χ4v) is 11.3. The van der Waals surface area contributed by atoms with Gasteiger partial charge >= 0.3 is 51.4 Å². The summed E-state index contributed by atoms with van der Waals surface area (Å²) in [6.07, 6.45) is 13.8. The van der Waals surface area contributed by atoms with Crippen molar-refractivity contribution in [1.29, 1.82) is 5.26 Å². The maximum atomic E-state index is 12.9. The van der Waals surface area contributed by atoms with E-state index < -0.39 is 21.6 Å². The van der Waals surface area contributed by atoms with Gasteiger partial charge in [-0.15, -0.1) is 11.3 Å². The van der Waals surface area contributed by atoms with Crippen molar-refractivity contribution in [3.8, 4) is 51.1 Å². The Morgan fingerprint density at radius 3 is 1.76 bits per heavy atom.